The third kappa shape index (κ3) is 2.88. The van der Waals surface area contributed by atoms with Gasteiger partial charge in [0.1, 0.15) is 0 Å². The van der Waals surface area contributed by atoms with E-state index in [4.69, 9.17) is 4.74 Å². The minimum atomic E-state index is 0.305. The fraction of sp³-hybridized carbons (Fsp3) is 0.750. The van der Waals surface area contributed by atoms with Crippen molar-refractivity contribution < 1.29 is 4.74 Å². The van der Waals surface area contributed by atoms with Crippen LogP contribution >= 0.6 is 11.3 Å². The van der Waals surface area contributed by atoms with Gasteiger partial charge in [-0.15, -0.1) is 11.3 Å². The Bertz CT molecular complexity index is 403. The van der Waals surface area contributed by atoms with Crippen molar-refractivity contribution in [1.82, 2.24) is 5.32 Å². The van der Waals surface area contributed by atoms with Crippen LogP contribution in [0.3, 0.4) is 0 Å². The van der Waals surface area contributed by atoms with Crippen LogP contribution < -0.4 is 5.32 Å². The fourth-order valence-corrected chi connectivity index (χ4v) is 4.05. The van der Waals surface area contributed by atoms with Crippen LogP contribution in [0.25, 0.3) is 0 Å². The number of ether oxygens (including phenoxy) is 1. The lowest BCUT2D eigenvalue weighted by Crippen LogP contribution is -2.61. The predicted octanol–water partition coefficient (Wildman–Crippen LogP) is 3.99. The summed E-state index contributed by atoms with van der Waals surface area (Å²) in [5.74, 6) is 0. The third-order valence-electron chi connectivity index (χ3n) is 4.84. The number of nitrogens with one attached hydrogen (secondary N) is 1. The second-order valence-corrected chi connectivity index (χ2v) is 6.70. The molecule has 1 N–H and O–H groups in total. The Morgan fingerprint density at radius 2 is 2.21 bits per heavy atom. The maximum absolute atomic E-state index is 5.86. The van der Waals surface area contributed by atoms with Gasteiger partial charge in [0.15, 0.2) is 0 Å². The molecular weight excluding hydrogens is 254 g/mol. The number of rotatable bonds is 7. The summed E-state index contributed by atoms with van der Waals surface area (Å²) in [5.41, 5.74) is 1.80. The number of thiophene rings is 1. The molecule has 3 atom stereocenters. The van der Waals surface area contributed by atoms with E-state index in [2.05, 4.69) is 44.5 Å². The summed E-state index contributed by atoms with van der Waals surface area (Å²) in [6, 6.07) is 2.85. The van der Waals surface area contributed by atoms with Gasteiger partial charge in [0.05, 0.1) is 6.10 Å². The lowest BCUT2D eigenvalue weighted by Gasteiger charge is -2.53. The second-order valence-electron chi connectivity index (χ2n) is 5.70. The molecule has 1 aliphatic carbocycles. The SMILES string of the molecule is CCOC1CC(NCc2sccc2CC)C1(C)CC. The maximum atomic E-state index is 5.86. The van der Waals surface area contributed by atoms with Crippen molar-refractivity contribution in [2.24, 2.45) is 5.41 Å². The molecule has 108 valence electrons. The number of hydrogen-bond acceptors (Lipinski definition) is 3. The van der Waals surface area contributed by atoms with E-state index in [1.807, 2.05) is 11.3 Å². The van der Waals surface area contributed by atoms with Gasteiger partial charge in [-0.05, 0) is 43.2 Å². The molecule has 1 saturated carbocycles. The van der Waals surface area contributed by atoms with E-state index in [0.717, 1.165) is 26.0 Å². The van der Waals surface area contributed by atoms with Crippen molar-refractivity contribution in [1.29, 1.82) is 0 Å². The quantitative estimate of drug-likeness (QED) is 0.816. The highest BCUT2D eigenvalue weighted by Crippen LogP contribution is 2.46. The molecule has 0 saturated heterocycles. The van der Waals surface area contributed by atoms with E-state index >= 15 is 0 Å². The van der Waals surface area contributed by atoms with Crippen molar-refractivity contribution in [2.45, 2.75) is 65.6 Å². The van der Waals surface area contributed by atoms with Crippen molar-refractivity contribution in [2.75, 3.05) is 6.61 Å². The summed E-state index contributed by atoms with van der Waals surface area (Å²) in [6.07, 6.45) is 3.91. The van der Waals surface area contributed by atoms with Gasteiger partial charge in [-0.3, -0.25) is 0 Å². The molecule has 1 aromatic heterocycles. The standard InChI is InChI=1S/C16H27NOS/c1-5-12-8-9-19-13(12)11-17-14-10-15(18-7-3)16(14,4)6-2/h8-9,14-15,17H,5-7,10-11H2,1-4H3. The molecule has 0 bridgehead atoms. The summed E-state index contributed by atoms with van der Waals surface area (Å²) in [7, 11) is 0. The summed E-state index contributed by atoms with van der Waals surface area (Å²) < 4.78 is 5.86. The Morgan fingerprint density at radius 3 is 2.84 bits per heavy atom. The summed E-state index contributed by atoms with van der Waals surface area (Å²) in [4.78, 5) is 1.50. The van der Waals surface area contributed by atoms with E-state index in [9.17, 15) is 0 Å². The van der Waals surface area contributed by atoms with Gasteiger partial charge in [0, 0.05) is 29.5 Å². The van der Waals surface area contributed by atoms with Crippen LogP contribution in [0.4, 0.5) is 0 Å². The number of aryl methyl sites for hydroxylation is 1. The third-order valence-corrected chi connectivity index (χ3v) is 5.80. The van der Waals surface area contributed by atoms with Crippen molar-refractivity contribution in [3.05, 3.63) is 21.9 Å². The van der Waals surface area contributed by atoms with Crippen molar-refractivity contribution in [3.63, 3.8) is 0 Å². The Balaban J connectivity index is 1.90. The highest BCUT2D eigenvalue weighted by molar-refractivity contribution is 7.10. The minimum Gasteiger partial charge on any atom is -0.378 e. The van der Waals surface area contributed by atoms with E-state index in [0.29, 0.717) is 17.6 Å². The average molecular weight is 281 g/mol. The Labute approximate surface area is 121 Å². The van der Waals surface area contributed by atoms with Gasteiger partial charge < -0.3 is 10.1 Å². The zero-order valence-electron chi connectivity index (χ0n) is 12.7. The van der Waals surface area contributed by atoms with Gasteiger partial charge >= 0.3 is 0 Å². The monoisotopic (exact) mass is 281 g/mol. The molecule has 3 unspecified atom stereocenters. The molecule has 1 fully saturated rings. The summed E-state index contributed by atoms with van der Waals surface area (Å²) in [6.45, 7) is 10.8. The smallest absolute Gasteiger partial charge is 0.0658 e. The van der Waals surface area contributed by atoms with E-state index in [1.165, 1.54) is 16.9 Å². The first-order valence-electron chi connectivity index (χ1n) is 7.55. The van der Waals surface area contributed by atoms with E-state index in [-0.39, 0.29) is 0 Å². The van der Waals surface area contributed by atoms with Crippen LogP contribution in [0.15, 0.2) is 11.4 Å². The first-order chi connectivity index (χ1) is 9.15. The van der Waals surface area contributed by atoms with Crippen LogP contribution in [-0.4, -0.2) is 18.8 Å². The Hall–Kier alpha value is -0.380. The Kier molecular flexibility index (Phi) is 5.04. The molecule has 1 heterocycles. The highest BCUT2D eigenvalue weighted by Gasteiger charge is 2.50. The average Bonchev–Trinajstić information content (AvgIpc) is 2.88. The van der Waals surface area contributed by atoms with Crippen LogP contribution in [0.1, 0.15) is 51.0 Å². The van der Waals surface area contributed by atoms with Crippen LogP contribution in [0.2, 0.25) is 0 Å². The zero-order valence-corrected chi connectivity index (χ0v) is 13.5. The maximum Gasteiger partial charge on any atom is 0.0658 e. The fourth-order valence-electron chi connectivity index (χ4n) is 3.12. The molecule has 1 aliphatic rings. The predicted molar refractivity (Wildman–Crippen MR) is 82.8 cm³/mol. The molecule has 3 heteroatoms. The largest absolute Gasteiger partial charge is 0.378 e. The summed E-state index contributed by atoms with van der Waals surface area (Å²) >= 11 is 1.88. The van der Waals surface area contributed by atoms with Gasteiger partial charge in [-0.25, -0.2) is 0 Å². The first-order valence-corrected chi connectivity index (χ1v) is 8.43. The van der Waals surface area contributed by atoms with Gasteiger partial charge in [-0.2, -0.15) is 0 Å². The van der Waals surface area contributed by atoms with Crippen LogP contribution in [0, 0.1) is 5.41 Å². The zero-order chi connectivity index (χ0) is 13.9. The van der Waals surface area contributed by atoms with E-state index < -0.39 is 0 Å². The molecule has 19 heavy (non-hydrogen) atoms. The molecule has 0 amide bonds. The molecule has 0 aliphatic heterocycles. The minimum absolute atomic E-state index is 0.305. The molecule has 0 aromatic carbocycles. The molecule has 2 rings (SSSR count). The molecular formula is C16H27NOS. The van der Waals surface area contributed by atoms with Gasteiger partial charge in [0.2, 0.25) is 0 Å². The highest BCUT2D eigenvalue weighted by atomic mass is 32.1. The lowest BCUT2D eigenvalue weighted by molar-refractivity contribution is -0.126. The Morgan fingerprint density at radius 1 is 1.42 bits per heavy atom. The molecule has 0 radical (unpaired) electrons. The molecule has 2 nitrogen and oxygen atoms in total. The van der Waals surface area contributed by atoms with E-state index in [1.54, 1.807) is 0 Å². The lowest BCUT2D eigenvalue weighted by atomic mass is 9.61. The van der Waals surface area contributed by atoms with Crippen molar-refractivity contribution in [3.8, 4) is 0 Å². The van der Waals surface area contributed by atoms with Gasteiger partial charge in [-0.1, -0.05) is 20.8 Å². The van der Waals surface area contributed by atoms with Crippen molar-refractivity contribution >= 4 is 11.3 Å². The first kappa shape index (κ1) is 15.0. The molecule has 1 aromatic rings. The van der Waals surface area contributed by atoms with Crippen LogP contribution in [0.5, 0.6) is 0 Å². The second kappa shape index (κ2) is 6.38. The molecule has 0 spiro atoms. The summed E-state index contributed by atoms with van der Waals surface area (Å²) in [5, 5.41) is 5.96. The topological polar surface area (TPSA) is 21.3 Å². The number of hydrogen-bond donors (Lipinski definition) is 1. The van der Waals surface area contributed by atoms with Crippen LogP contribution in [-0.2, 0) is 17.7 Å². The normalized spacial score (nSPS) is 30.3. The van der Waals surface area contributed by atoms with Gasteiger partial charge in [0.25, 0.3) is 0 Å².